The third-order valence-electron chi connectivity index (χ3n) is 3.16. The van der Waals surface area contributed by atoms with E-state index in [1.165, 1.54) is 18.4 Å². The van der Waals surface area contributed by atoms with Crippen molar-refractivity contribution in [2.75, 3.05) is 19.4 Å². The SMILES string of the molecule is CCNC(C)(C#N)CCCOc1ccc(S(C)(=O)=O)cc1. The lowest BCUT2D eigenvalue weighted by Crippen LogP contribution is -2.40. The van der Waals surface area contributed by atoms with E-state index >= 15 is 0 Å². The minimum Gasteiger partial charge on any atom is -0.494 e. The Morgan fingerprint density at radius 1 is 1.33 bits per heavy atom. The van der Waals surface area contributed by atoms with Crippen LogP contribution in [0.3, 0.4) is 0 Å². The minimum absolute atomic E-state index is 0.277. The van der Waals surface area contributed by atoms with Gasteiger partial charge in [0.05, 0.1) is 17.6 Å². The van der Waals surface area contributed by atoms with E-state index in [0.29, 0.717) is 18.8 Å². The maximum atomic E-state index is 11.3. The van der Waals surface area contributed by atoms with E-state index < -0.39 is 15.4 Å². The van der Waals surface area contributed by atoms with Crippen molar-refractivity contribution in [2.24, 2.45) is 0 Å². The molecule has 0 saturated carbocycles. The molecule has 1 unspecified atom stereocenters. The van der Waals surface area contributed by atoms with Gasteiger partial charge in [-0.15, -0.1) is 0 Å². The van der Waals surface area contributed by atoms with Crippen LogP contribution in [-0.4, -0.2) is 33.4 Å². The summed E-state index contributed by atoms with van der Waals surface area (Å²) in [5.74, 6) is 0.629. The van der Waals surface area contributed by atoms with Crippen molar-refractivity contribution in [3.05, 3.63) is 24.3 Å². The molecule has 0 aromatic heterocycles. The van der Waals surface area contributed by atoms with E-state index in [1.54, 1.807) is 12.1 Å². The molecule has 0 radical (unpaired) electrons. The van der Waals surface area contributed by atoms with Crippen molar-refractivity contribution in [3.63, 3.8) is 0 Å². The Morgan fingerprint density at radius 3 is 2.43 bits per heavy atom. The first kappa shape index (κ1) is 17.5. The number of hydrogen-bond donors (Lipinski definition) is 1. The first-order valence-corrected chi connectivity index (χ1v) is 8.79. The molecule has 0 aliphatic heterocycles. The predicted molar refractivity (Wildman–Crippen MR) is 82.0 cm³/mol. The highest BCUT2D eigenvalue weighted by Crippen LogP contribution is 2.17. The van der Waals surface area contributed by atoms with Crippen molar-refractivity contribution in [2.45, 2.75) is 37.1 Å². The number of rotatable bonds is 8. The number of sulfone groups is 1. The van der Waals surface area contributed by atoms with E-state index in [9.17, 15) is 8.42 Å². The average Bonchev–Trinajstić information content (AvgIpc) is 2.43. The third-order valence-corrected chi connectivity index (χ3v) is 4.28. The number of nitrogens with zero attached hydrogens (tertiary/aromatic N) is 1. The van der Waals surface area contributed by atoms with Crippen molar-refractivity contribution in [1.29, 1.82) is 5.26 Å². The summed E-state index contributed by atoms with van der Waals surface area (Å²) < 4.78 is 28.2. The summed E-state index contributed by atoms with van der Waals surface area (Å²) in [6, 6.07) is 8.62. The Kier molecular flexibility index (Phi) is 6.19. The van der Waals surface area contributed by atoms with Crippen molar-refractivity contribution < 1.29 is 13.2 Å². The number of nitrogens with one attached hydrogen (secondary N) is 1. The van der Waals surface area contributed by atoms with E-state index in [1.807, 2.05) is 13.8 Å². The molecule has 5 nitrogen and oxygen atoms in total. The largest absolute Gasteiger partial charge is 0.494 e. The molecular formula is C15H22N2O3S. The van der Waals surface area contributed by atoms with Crippen molar-refractivity contribution >= 4 is 9.84 Å². The highest BCUT2D eigenvalue weighted by Gasteiger charge is 2.21. The molecule has 21 heavy (non-hydrogen) atoms. The normalized spacial score (nSPS) is 14.2. The molecule has 1 atom stereocenters. The number of hydrogen-bond acceptors (Lipinski definition) is 5. The third kappa shape index (κ3) is 5.74. The molecule has 0 aliphatic rings. The molecule has 1 aromatic rings. The number of benzene rings is 1. The van der Waals surface area contributed by atoms with Gasteiger partial charge in [-0.1, -0.05) is 6.92 Å². The van der Waals surface area contributed by atoms with Gasteiger partial charge in [-0.05, 0) is 50.6 Å². The van der Waals surface area contributed by atoms with E-state index in [2.05, 4.69) is 11.4 Å². The van der Waals surface area contributed by atoms with Gasteiger partial charge >= 0.3 is 0 Å². The first-order chi connectivity index (χ1) is 9.80. The quantitative estimate of drug-likeness (QED) is 0.744. The van der Waals surface area contributed by atoms with Crippen LogP contribution in [0.25, 0.3) is 0 Å². The minimum atomic E-state index is -3.17. The van der Waals surface area contributed by atoms with Gasteiger partial charge in [-0.25, -0.2) is 8.42 Å². The second-order valence-electron chi connectivity index (χ2n) is 5.17. The summed E-state index contributed by atoms with van der Waals surface area (Å²) in [6.07, 6.45) is 2.61. The molecule has 1 N–H and O–H groups in total. The molecule has 0 bridgehead atoms. The zero-order chi connectivity index (χ0) is 15.9. The van der Waals surface area contributed by atoms with Crippen LogP contribution < -0.4 is 10.1 Å². The van der Waals surface area contributed by atoms with Crippen molar-refractivity contribution in [3.8, 4) is 11.8 Å². The maximum absolute atomic E-state index is 11.3. The van der Waals surface area contributed by atoms with Crippen LogP contribution in [0.15, 0.2) is 29.2 Å². The van der Waals surface area contributed by atoms with Crippen LogP contribution >= 0.6 is 0 Å². The molecule has 6 heteroatoms. The first-order valence-electron chi connectivity index (χ1n) is 6.90. The van der Waals surface area contributed by atoms with Gasteiger partial charge in [-0.2, -0.15) is 5.26 Å². The van der Waals surface area contributed by atoms with Crippen LogP contribution in [0.1, 0.15) is 26.7 Å². The second kappa shape index (κ2) is 7.43. The highest BCUT2D eigenvalue weighted by molar-refractivity contribution is 7.90. The predicted octanol–water partition coefficient (Wildman–Crippen LogP) is 2.14. The zero-order valence-electron chi connectivity index (χ0n) is 12.7. The van der Waals surface area contributed by atoms with Crippen LogP contribution in [0, 0.1) is 11.3 Å². The summed E-state index contributed by atoms with van der Waals surface area (Å²) in [5.41, 5.74) is -0.530. The van der Waals surface area contributed by atoms with Crippen LogP contribution in [0.5, 0.6) is 5.75 Å². The van der Waals surface area contributed by atoms with Crippen LogP contribution in [0.4, 0.5) is 0 Å². The Morgan fingerprint density at radius 2 is 1.95 bits per heavy atom. The molecule has 0 amide bonds. The summed E-state index contributed by atoms with van der Waals surface area (Å²) >= 11 is 0. The van der Waals surface area contributed by atoms with Gasteiger partial charge in [0.25, 0.3) is 0 Å². The fourth-order valence-corrected chi connectivity index (χ4v) is 2.60. The molecule has 0 spiro atoms. The fraction of sp³-hybridized carbons (Fsp3) is 0.533. The lowest BCUT2D eigenvalue weighted by atomic mass is 9.98. The highest BCUT2D eigenvalue weighted by atomic mass is 32.2. The lowest BCUT2D eigenvalue weighted by molar-refractivity contribution is 0.286. The topological polar surface area (TPSA) is 79.2 Å². The van der Waals surface area contributed by atoms with Crippen molar-refractivity contribution in [1.82, 2.24) is 5.32 Å². The van der Waals surface area contributed by atoms with Gasteiger partial charge in [0, 0.05) is 6.26 Å². The number of nitriles is 1. The molecule has 1 aromatic carbocycles. The molecule has 0 aliphatic carbocycles. The smallest absolute Gasteiger partial charge is 0.175 e. The second-order valence-corrected chi connectivity index (χ2v) is 7.19. The monoisotopic (exact) mass is 310 g/mol. The average molecular weight is 310 g/mol. The van der Waals surface area contributed by atoms with Gasteiger partial charge < -0.3 is 4.74 Å². The summed E-state index contributed by atoms with van der Waals surface area (Å²) in [4.78, 5) is 0.277. The summed E-state index contributed by atoms with van der Waals surface area (Å²) in [7, 11) is -3.17. The van der Waals surface area contributed by atoms with Gasteiger partial charge in [-0.3, -0.25) is 5.32 Å². The maximum Gasteiger partial charge on any atom is 0.175 e. The molecule has 0 saturated heterocycles. The van der Waals surface area contributed by atoms with Gasteiger partial charge in [0.2, 0.25) is 0 Å². The lowest BCUT2D eigenvalue weighted by Gasteiger charge is -2.22. The van der Waals surface area contributed by atoms with E-state index in [4.69, 9.17) is 10.00 Å². The Labute approximate surface area is 126 Å². The summed E-state index contributed by atoms with van der Waals surface area (Å²) in [6.45, 7) is 5.07. The summed E-state index contributed by atoms with van der Waals surface area (Å²) in [5, 5.41) is 12.3. The molecule has 116 valence electrons. The molecule has 0 fully saturated rings. The fourth-order valence-electron chi connectivity index (χ4n) is 1.97. The number of ether oxygens (including phenoxy) is 1. The van der Waals surface area contributed by atoms with E-state index in [0.717, 1.165) is 13.0 Å². The molecule has 1 rings (SSSR count). The Hall–Kier alpha value is -1.58. The van der Waals surface area contributed by atoms with Gasteiger partial charge in [0.1, 0.15) is 11.3 Å². The Balaban J connectivity index is 2.45. The zero-order valence-corrected chi connectivity index (χ0v) is 13.5. The van der Waals surface area contributed by atoms with Crippen LogP contribution in [-0.2, 0) is 9.84 Å². The Bertz CT molecular complexity index is 590. The molecular weight excluding hydrogens is 288 g/mol. The van der Waals surface area contributed by atoms with Gasteiger partial charge in [0.15, 0.2) is 9.84 Å². The van der Waals surface area contributed by atoms with Crippen LogP contribution in [0.2, 0.25) is 0 Å². The van der Waals surface area contributed by atoms with E-state index in [-0.39, 0.29) is 4.90 Å². The molecule has 0 heterocycles. The standard InChI is InChI=1S/C15H22N2O3S/c1-4-17-15(2,12-16)10-5-11-20-13-6-8-14(9-7-13)21(3,18)19/h6-9,17H,4-5,10-11H2,1-3H3.